The molecule has 0 atom stereocenters. The molecular formula is C23H33N5O4. The second-order valence-corrected chi connectivity index (χ2v) is 8.92. The molecule has 1 aromatic heterocycles. The van der Waals surface area contributed by atoms with Crippen LogP contribution in [0.5, 0.6) is 0 Å². The van der Waals surface area contributed by atoms with E-state index in [0.717, 1.165) is 63.3 Å². The Morgan fingerprint density at radius 1 is 1.06 bits per heavy atom. The van der Waals surface area contributed by atoms with Crippen LogP contribution in [0.1, 0.15) is 66.3 Å². The van der Waals surface area contributed by atoms with Gasteiger partial charge in [0.05, 0.1) is 17.9 Å². The van der Waals surface area contributed by atoms with Gasteiger partial charge in [-0.2, -0.15) is 0 Å². The van der Waals surface area contributed by atoms with Gasteiger partial charge in [0, 0.05) is 57.8 Å². The molecule has 3 aliphatic heterocycles. The Morgan fingerprint density at radius 2 is 1.81 bits per heavy atom. The summed E-state index contributed by atoms with van der Waals surface area (Å²) in [6, 6.07) is 0. The van der Waals surface area contributed by atoms with Crippen molar-refractivity contribution in [3.8, 4) is 0 Å². The lowest BCUT2D eigenvalue weighted by molar-refractivity contribution is -0.137. The molecule has 0 saturated carbocycles. The van der Waals surface area contributed by atoms with E-state index in [1.165, 1.54) is 0 Å². The fourth-order valence-corrected chi connectivity index (χ4v) is 4.74. The monoisotopic (exact) mass is 443 g/mol. The van der Waals surface area contributed by atoms with E-state index >= 15 is 0 Å². The van der Waals surface area contributed by atoms with Crippen molar-refractivity contribution in [3.05, 3.63) is 23.3 Å². The van der Waals surface area contributed by atoms with Crippen LogP contribution in [-0.4, -0.2) is 94.9 Å². The number of aromatic nitrogens is 2. The zero-order valence-electron chi connectivity index (χ0n) is 18.9. The molecule has 3 amide bonds. The lowest BCUT2D eigenvalue weighted by atomic mass is 9.95. The number of hydrogen-bond acceptors (Lipinski definition) is 6. The standard InChI is InChI=1S/C23H33N5O4/c1-17-19(23(31)28-8-2-3-9-28)15-24-22(25-17)18-6-11-27(12-7-18)21(30)16-32-14-13-26-10-4-5-20(26)29/h15,18H,2-14,16H2,1H3. The summed E-state index contributed by atoms with van der Waals surface area (Å²) in [5.41, 5.74) is 1.33. The van der Waals surface area contributed by atoms with Gasteiger partial charge in [0.1, 0.15) is 12.4 Å². The maximum atomic E-state index is 12.6. The molecule has 0 bridgehead atoms. The van der Waals surface area contributed by atoms with Crippen LogP contribution in [0.2, 0.25) is 0 Å². The Labute approximate surface area is 189 Å². The van der Waals surface area contributed by atoms with Crippen LogP contribution in [0.4, 0.5) is 0 Å². The first-order valence-electron chi connectivity index (χ1n) is 11.8. The number of carbonyl (C=O) groups excluding carboxylic acids is 3. The lowest BCUT2D eigenvalue weighted by Gasteiger charge is -2.31. The average molecular weight is 444 g/mol. The number of piperidine rings is 1. The Hall–Kier alpha value is -2.55. The molecule has 0 aromatic carbocycles. The Morgan fingerprint density at radius 3 is 2.47 bits per heavy atom. The van der Waals surface area contributed by atoms with Crippen molar-refractivity contribution in [2.75, 3.05) is 52.5 Å². The molecule has 9 nitrogen and oxygen atoms in total. The van der Waals surface area contributed by atoms with Crippen molar-refractivity contribution in [2.24, 2.45) is 0 Å². The number of nitrogens with zero attached hydrogens (tertiary/aromatic N) is 5. The highest BCUT2D eigenvalue weighted by atomic mass is 16.5. The minimum atomic E-state index is -0.0140. The molecule has 0 aliphatic carbocycles. The molecule has 0 spiro atoms. The van der Waals surface area contributed by atoms with E-state index in [4.69, 9.17) is 4.74 Å². The number of amides is 3. The first kappa shape index (κ1) is 22.6. The lowest BCUT2D eigenvalue weighted by Crippen LogP contribution is -2.40. The van der Waals surface area contributed by atoms with Gasteiger partial charge in [-0.25, -0.2) is 9.97 Å². The summed E-state index contributed by atoms with van der Waals surface area (Å²) in [5.74, 6) is 1.14. The van der Waals surface area contributed by atoms with E-state index in [1.807, 2.05) is 16.7 Å². The van der Waals surface area contributed by atoms with Gasteiger partial charge in [0.2, 0.25) is 11.8 Å². The summed E-state index contributed by atoms with van der Waals surface area (Å²) in [7, 11) is 0. The normalized spacial score (nSPS) is 19.8. The van der Waals surface area contributed by atoms with Crippen molar-refractivity contribution in [1.82, 2.24) is 24.7 Å². The van der Waals surface area contributed by atoms with Crippen molar-refractivity contribution >= 4 is 17.7 Å². The topological polar surface area (TPSA) is 95.9 Å². The van der Waals surface area contributed by atoms with Crippen LogP contribution < -0.4 is 0 Å². The third kappa shape index (κ3) is 5.26. The molecule has 174 valence electrons. The molecule has 4 rings (SSSR count). The van der Waals surface area contributed by atoms with Crippen LogP contribution in [0.3, 0.4) is 0 Å². The Kier molecular flexibility index (Phi) is 7.34. The highest BCUT2D eigenvalue weighted by Crippen LogP contribution is 2.26. The average Bonchev–Trinajstić information content (AvgIpc) is 3.48. The highest BCUT2D eigenvalue weighted by molar-refractivity contribution is 5.95. The number of carbonyl (C=O) groups is 3. The number of ether oxygens (including phenoxy) is 1. The van der Waals surface area contributed by atoms with Gasteiger partial charge in [0.15, 0.2) is 0 Å². The summed E-state index contributed by atoms with van der Waals surface area (Å²) < 4.78 is 5.52. The van der Waals surface area contributed by atoms with Crippen molar-refractivity contribution < 1.29 is 19.1 Å². The molecule has 32 heavy (non-hydrogen) atoms. The van der Waals surface area contributed by atoms with E-state index in [1.54, 1.807) is 11.1 Å². The zero-order valence-corrected chi connectivity index (χ0v) is 18.9. The fourth-order valence-electron chi connectivity index (χ4n) is 4.74. The molecule has 3 aliphatic rings. The SMILES string of the molecule is Cc1nc(C2CCN(C(=O)COCCN3CCCC3=O)CC2)ncc1C(=O)N1CCCC1. The summed E-state index contributed by atoms with van der Waals surface area (Å²) in [5, 5.41) is 0. The van der Waals surface area contributed by atoms with Gasteiger partial charge >= 0.3 is 0 Å². The maximum Gasteiger partial charge on any atom is 0.257 e. The third-order valence-electron chi connectivity index (χ3n) is 6.74. The second kappa shape index (κ2) is 10.4. The molecule has 0 N–H and O–H groups in total. The molecule has 3 saturated heterocycles. The predicted octanol–water partition coefficient (Wildman–Crippen LogP) is 1.37. The van der Waals surface area contributed by atoms with Gasteiger partial charge < -0.3 is 19.4 Å². The van der Waals surface area contributed by atoms with Crippen LogP contribution in [0, 0.1) is 6.92 Å². The number of hydrogen-bond donors (Lipinski definition) is 0. The molecule has 0 unspecified atom stereocenters. The van der Waals surface area contributed by atoms with Crippen LogP contribution in [0.15, 0.2) is 6.20 Å². The van der Waals surface area contributed by atoms with E-state index < -0.39 is 0 Å². The Bertz CT molecular complexity index is 847. The van der Waals surface area contributed by atoms with Gasteiger partial charge in [0.25, 0.3) is 5.91 Å². The van der Waals surface area contributed by atoms with E-state index in [2.05, 4.69) is 9.97 Å². The predicted molar refractivity (Wildman–Crippen MR) is 117 cm³/mol. The van der Waals surface area contributed by atoms with Crippen molar-refractivity contribution in [1.29, 1.82) is 0 Å². The molecule has 1 aromatic rings. The van der Waals surface area contributed by atoms with Crippen molar-refractivity contribution in [3.63, 3.8) is 0 Å². The minimum Gasteiger partial charge on any atom is -0.370 e. The van der Waals surface area contributed by atoms with Gasteiger partial charge in [-0.3, -0.25) is 14.4 Å². The van der Waals surface area contributed by atoms with E-state index in [9.17, 15) is 14.4 Å². The van der Waals surface area contributed by atoms with Crippen LogP contribution in [0.25, 0.3) is 0 Å². The van der Waals surface area contributed by atoms with E-state index in [-0.39, 0.29) is 30.2 Å². The third-order valence-corrected chi connectivity index (χ3v) is 6.74. The van der Waals surface area contributed by atoms with Gasteiger partial charge in [-0.05, 0) is 39.0 Å². The van der Waals surface area contributed by atoms with Crippen LogP contribution >= 0.6 is 0 Å². The molecule has 0 radical (unpaired) electrons. The first-order valence-corrected chi connectivity index (χ1v) is 11.8. The first-order chi connectivity index (χ1) is 15.5. The molecule has 4 heterocycles. The summed E-state index contributed by atoms with van der Waals surface area (Å²) in [6.45, 7) is 6.58. The molecule has 3 fully saturated rings. The Balaban J connectivity index is 1.21. The van der Waals surface area contributed by atoms with Gasteiger partial charge in [-0.15, -0.1) is 0 Å². The quantitative estimate of drug-likeness (QED) is 0.591. The number of aryl methyl sites for hydroxylation is 1. The highest BCUT2D eigenvalue weighted by Gasteiger charge is 2.27. The number of rotatable bonds is 7. The summed E-state index contributed by atoms with van der Waals surface area (Å²) in [4.78, 5) is 51.3. The molecular weight excluding hydrogens is 410 g/mol. The largest absolute Gasteiger partial charge is 0.370 e. The zero-order chi connectivity index (χ0) is 22.5. The molecule has 9 heteroatoms. The minimum absolute atomic E-state index is 0.0140. The van der Waals surface area contributed by atoms with Gasteiger partial charge in [-0.1, -0.05) is 0 Å². The smallest absolute Gasteiger partial charge is 0.257 e. The second-order valence-electron chi connectivity index (χ2n) is 8.92. The summed E-state index contributed by atoms with van der Waals surface area (Å²) in [6.07, 6.45) is 6.92. The maximum absolute atomic E-state index is 12.6. The van der Waals surface area contributed by atoms with Crippen molar-refractivity contribution in [2.45, 2.75) is 51.4 Å². The fraction of sp³-hybridized carbons (Fsp3) is 0.696. The summed E-state index contributed by atoms with van der Waals surface area (Å²) >= 11 is 0. The van der Waals surface area contributed by atoms with E-state index in [0.29, 0.717) is 38.2 Å². The van der Waals surface area contributed by atoms with Crippen LogP contribution in [-0.2, 0) is 14.3 Å². The number of likely N-dealkylation sites (tertiary alicyclic amines) is 3.